The number of carbonyl (C=O) groups excluding carboxylic acids is 3. The molecule has 3 aromatic heterocycles. The van der Waals surface area contributed by atoms with E-state index in [1.54, 1.807) is 121 Å². The first-order chi connectivity index (χ1) is 45.3. The standard InChI is InChI=1S/C75H77B3O18/c1-42(79)36-52(43-22-16-13-17-23-43)61-66(84)62-57(89-69(61)87)32-28-46(63(62)78-93-72(6,7)73(8,9)94-78)37-50(81)41-54(45-26-20-15-21-27-45)60-65(83)55-38-47(30-33-56(55)88-67(60)85)77-95-74(10,11)75(12,96-77)35-34-49(80)40-53(44-24-18-14-19-25-44)59-64(82)51-31-29-48(39-58(51)90-68(59)86)76-91-70(2,3)71(4,5)92-76/h13-33,38-39,52-54,82-84H,34-37,40-41H2,1-12H3. The van der Waals surface area contributed by atoms with Gasteiger partial charge in [-0.05, 0) is 153 Å². The molecule has 3 N–H and O–H groups in total. The van der Waals surface area contributed by atoms with Gasteiger partial charge in [0, 0.05) is 55.3 Å². The lowest BCUT2D eigenvalue weighted by Gasteiger charge is -2.36. The van der Waals surface area contributed by atoms with Gasteiger partial charge in [-0.15, -0.1) is 0 Å². The highest BCUT2D eigenvalue weighted by Crippen LogP contribution is 2.46. The minimum atomic E-state index is -1.20. The highest BCUT2D eigenvalue weighted by Gasteiger charge is 2.56. The Morgan fingerprint density at radius 1 is 0.427 bits per heavy atom. The molecule has 0 spiro atoms. The molecule has 0 aliphatic carbocycles. The average Bonchev–Trinajstić information content (AvgIpc) is 1.35. The summed E-state index contributed by atoms with van der Waals surface area (Å²) in [4.78, 5) is 84.8. The van der Waals surface area contributed by atoms with Crippen LogP contribution in [0.3, 0.4) is 0 Å². The number of carbonyl (C=O) groups is 3. The third kappa shape index (κ3) is 12.4. The van der Waals surface area contributed by atoms with Crippen molar-refractivity contribution >= 4 is 88.0 Å². The molecule has 0 bridgehead atoms. The minimum absolute atomic E-state index is 0.00861. The maximum Gasteiger partial charge on any atom is 0.496 e. The second kappa shape index (κ2) is 25.1. The Bertz CT molecular complexity index is 4700. The quantitative estimate of drug-likeness (QED) is 0.0473. The summed E-state index contributed by atoms with van der Waals surface area (Å²) in [5.41, 5.74) is -4.51. The fraction of sp³-hybridized carbons (Fsp3) is 0.360. The Labute approximate surface area is 556 Å². The second-order valence-electron chi connectivity index (χ2n) is 28.4. The van der Waals surface area contributed by atoms with Crippen molar-refractivity contribution in [1.82, 2.24) is 0 Å². The molecule has 9 aromatic rings. The molecule has 96 heavy (non-hydrogen) atoms. The van der Waals surface area contributed by atoms with Gasteiger partial charge < -0.3 is 56.5 Å². The van der Waals surface area contributed by atoms with Crippen LogP contribution >= 0.6 is 0 Å². The maximum atomic E-state index is 15.0. The second-order valence-corrected chi connectivity index (χ2v) is 28.4. The normalized spacial score (nSPS) is 19.5. The van der Waals surface area contributed by atoms with Crippen LogP contribution in [0.1, 0.15) is 172 Å². The third-order valence-electron chi connectivity index (χ3n) is 20.7. The van der Waals surface area contributed by atoms with Crippen molar-refractivity contribution in [3.63, 3.8) is 0 Å². The number of hydrogen-bond acceptors (Lipinski definition) is 18. The zero-order valence-electron chi connectivity index (χ0n) is 56.0. The first-order valence-corrected chi connectivity index (χ1v) is 32.4. The van der Waals surface area contributed by atoms with E-state index in [2.05, 4.69) is 0 Å². The Morgan fingerprint density at radius 3 is 1.38 bits per heavy atom. The van der Waals surface area contributed by atoms with Crippen LogP contribution in [0.25, 0.3) is 32.9 Å². The number of ketones is 3. The van der Waals surface area contributed by atoms with Crippen molar-refractivity contribution in [2.45, 2.75) is 173 Å². The van der Waals surface area contributed by atoms with Crippen LogP contribution < -0.4 is 33.3 Å². The first-order valence-electron chi connectivity index (χ1n) is 32.4. The Balaban J connectivity index is 0.817. The van der Waals surface area contributed by atoms with Gasteiger partial charge in [-0.1, -0.05) is 109 Å². The lowest BCUT2D eigenvalue weighted by molar-refractivity contribution is -0.121. The summed E-state index contributed by atoms with van der Waals surface area (Å²) in [6.45, 7) is 22.1. The van der Waals surface area contributed by atoms with Crippen molar-refractivity contribution in [2.24, 2.45) is 0 Å². The molecule has 3 aliphatic heterocycles. The summed E-state index contributed by atoms with van der Waals surface area (Å²) in [6, 6.07) is 39.5. The van der Waals surface area contributed by atoms with Crippen molar-refractivity contribution < 1.29 is 70.9 Å². The van der Waals surface area contributed by atoms with Crippen LogP contribution in [0.5, 0.6) is 17.2 Å². The van der Waals surface area contributed by atoms with E-state index in [1.165, 1.54) is 19.1 Å². The van der Waals surface area contributed by atoms with Gasteiger partial charge >= 0.3 is 38.2 Å². The zero-order valence-corrected chi connectivity index (χ0v) is 56.0. The molecule has 6 aromatic carbocycles. The molecular formula is C75H77B3O18. The first kappa shape index (κ1) is 67.3. The predicted molar refractivity (Wildman–Crippen MR) is 366 cm³/mol. The number of Topliss-reactive ketones (excluding diaryl/α,β-unsaturated/α-hetero) is 3. The summed E-state index contributed by atoms with van der Waals surface area (Å²) >= 11 is 0. The fourth-order valence-electron chi connectivity index (χ4n) is 13.4. The summed E-state index contributed by atoms with van der Waals surface area (Å²) in [5.74, 6) is -4.90. The summed E-state index contributed by atoms with van der Waals surface area (Å²) in [5, 5.41) is 37.4. The maximum absolute atomic E-state index is 15.0. The van der Waals surface area contributed by atoms with E-state index in [-0.39, 0.29) is 111 Å². The van der Waals surface area contributed by atoms with Crippen LogP contribution in [-0.2, 0) is 48.7 Å². The predicted octanol–water partition coefficient (Wildman–Crippen LogP) is 11.0. The molecule has 3 fully saturated rings. The van der Waals surface area contributed by atoms with Gasteiger partial charge in [-0.25, -0.2) is 14.4 Å². The topological polar surface area (TPSA) is 258 Å². The monoisotopic (exact) mass is 1300 g/mol. The van der Waals surface area contributed by atoms with E-state index in [9.17, 15) is 39.3 Å². The van der Waals surface area contributed by atoms with E-state index in [4.69, 9.17) is 41.2 Å². The minimum Gasteiger partial charge on any atom is -0.507 e. The van der Waals surface area contributed by atoms with Crippen LogP contribution in [0.4, 0.5) is 0 Å². The molecule has 18 nitrogen and oxygen atoms in total. The Kier molecular flexibility index (Phi) is 17.6. The molecule has 0 saturated carbocycles. The zero-order chi connectivity index (χ0) is 68.8. The molecule has 3 saturated heterocycles. The van der Waals surface area contributed by atoms with Gasteiger partial charge in [0.05, 0.1) is 66.5 Å². The highest BCUT2D eigenvalue weighted by atomic mass is 16.7. The largest absolute Gasteiger partial charge is 0.507 e. The van der Waals surface area contributed by atoms with Crippen LogP contribution in [0.2, 0.25) is 0 Å². The smallest absolute Gasteiger partial charge is 0.496 e. The van der Waals surface area contributed by atoms with Gasteiger partial charge in [-0.3, -0.25) is 14.4 Å². The number of aromatic hydroxyl groups is 3. The van der Waals surface area contributed by atoms with Gasteiger partial charge in [0.1, 0.15) is 51.3 Å². The molecule has 4 atom stereocenters. The van der Waals surface area contributed by atoms with E-state index in [1.807, 2.05) is 82.2 Å². The van der Waals surface area contributed by atoms with E-state index < -0.39 is 107 Å². The van der Waals surface area contributed by atoms with Gasteiger partial charge in [0.2, 0.25) is 0 Å². The fourth-order valence-corrected chi connectivity index (χ4v) is 13.4. The third-order valence-corrected chi connectivity index (χ3v) is 20.7. The number of rotatable bonds is 20. The van der Waals surface area contributed by atoms with Crippen LogP contribution in [0, 0.1) is 0 Å². The van der Waals surface area contributed by atoms with Crippen LogP contribution in [0.15, 0.2) is 167 Å². The molecular weight excluding hydrogens is 1220 g/mol. The molecule has 12 rings (SSSR count). The molecule has 6 heterocycles. The number of hydrogen-bond donors (Lipinski definition) is 3. The molecule has 0 radical (unpaired) electrons. The van der Waals surface area contributed by atoms with Gasteiger partial charge in [0.15, 0.2) is 0 Å². The molecule has 21 heteroatoms. The van der Waals surface area contributed by atoms with Crippen LogP contribution in [-0.4, -0.2) is 87.6 Å². The summed E-state index contributed by atoms with van der Waals surface area (Å²) in [6.07, 6.45) is -0.772. The van der Waals surface area contributed by atoms with Crippen molar-refractivity contribution in [3.8, 4) is 17.2 Å². The van der Waals surface area contributed by atoms with Crippen molar-refractivity contribution in [3.05, 3.63) is 210 Å². The number of fused-ring (bicyclic) bond motifs is 3. The Morgan fingerprint density at radius 2 is 0.844 bits per heavy atom. The number of benzene rings is 6. The molecule has 4 unspecified atom stereocenters. The summed E-state index contributed by atoms with van der Waals surface area (Å²) < 4.78 is 57.0. The van der Waals surface area contributed by atoms with E-state index in [0.29, 0.717) is 33.2 Å². The van der Waals surface area contributed by atoms with E-state index >= 15 is 4.79 Å². The van der Waals surface area contributed by atoms with Crippen molar-refractivity contribution in [2.75, 3.05) is 0 Å². The molecule has 3 aliphatic rings. The summed E-state index contributed by atoms with van der Waals surface area (Å²) in [7, 11) is -2.98. The Hall–Kier alpha value is -8.69. The average molecular weight is 1300 g/mol. The van der Waals surface area contributed by atoms with Gasteiger partial charge in [0.25, 0.3) is 0 Å². The van der Waals surface area contributed by atoms with Crippen molar-refractivity contribution in [1.29, 1.82) is 0 Å². The molecule has 0 amide bonds. The molecule has 494 valence electrons. The van der Waals surface area contributed by atoms with Gasteiger partial charge in [-0.2, -0.15) is 0 Å². The SMILES string of the molecule is CC(=O)CC(c1ccccc1)c1c(O)c2c(B3OC(C)(C)C(C)(C)O3)c(CC(=O)CC(c3ccccc3)c3c(O)c4cc(B5OC(C)(C)C(C)(CCC(=O)CC(c6ccccc6)c6c(O)c7ccc(B8OC(C)(C)C(C)(C)O8)cc7oc6=O)O5)ccc4oc3=O)ccc2oc1=O. The lowest BCUT2D eigenvalue weighted by Crippen LogP contribution is -2.45. The highest BCUT2D eigenvalue weighted by molar-refractivity contribution is 6.66. The van der Waals surface area contributed by atoms with E-state index in [0.717, 1.165) is 0 Å². The lowest BCUT2D eigenvalue weighted by atomic mass is 9.71.